The van der Waals surface area contributed by atoms with Crippen molar-refractivity contribution in [1.29, 1.82) is 0 Å². The number of likely N-dealkylation sites (tertiary alicyclic amines) is 1. The van der Waals surface area contributed by atoms with Crippen molar-refractivity contribution < 1.29 is 14.7 Å². The van der Waals surface area contributed by atoms with Gasteiger partial charge in [0, 0.05) is 12.6 Å². The van der Waals surface area contributed by atoms with Gasteiger partial charge in [-0.15, -0.1) is 5.10 Å². The zero-order valence-electron chi connectivity index (χ0n) is 13.4. The van der Waals surface area contributed by atoms with E-state index in [2.05, 4.69) is 15.5 Å². The van der Waals surface area contributed by atoms with Crippen LogP contribution in [0.15, 0.2) is 30.6 Å². The summed E-state index contributed by atoms with van der Waals surface area (Å²) >= 11 is 0. The van der Waals surface area contributed by atoms with Crippen molar-refractivity contribution in [1.82, 2.24) is 25.1 Å². The Morgan fingerprint density at radius 1 is 1.29 bits per heavy atom. The highest BCUT2D eigenvalue weighted by atomic mass is 16.4. The Morgan fingerprint density at radius 2 is 2.04 bits per heavy atom. The van der Waals surface area contributed by atoms with Gasteiger partial charge in [0.2, 0.25) is 5.91 Å². The maximum atomic E-state index is 12.6. The minimum atomic E-state index is -0.828. The lowest BCUT2D eigenvalue weighted by molar-refractivity contribution is -0.148. The highest BCUT2D eigenvalue weighted by Gasteiger charge is 2.35. The van der Waals surface area contributed by atoms with E-state index in [1.807, 2.05) is 31.2 Å². The number of carbonyl (C=O) groups excluding carboxylic acids is 1. The van der Waals surface area contributed by atoms with E-state index >= 15 is 0 Å². The molecule has 8 nitrogen and oxygen atoms in total. The maximum absolute atomic E-state index is 12.6. The highest BCUT2D eigenvalue weighted by Crippen LogP contribution is 2.24. The van der Waals surface area contributed by atoms with Gasteiger partial charge in [0.25, 0.3) is 0 Å². The van der Waals surface area contributed by atoms with Gasteiger partial charge in [-0.05, 0) is 47.9 Å². The molecule has 2 heterocycles. The molecule has 1 aliphatic rings. The predicted octanol–water partition coefficient (Wildman–Crippen LogP) is 0.916. The molecule has 8 heteroatoms. The second kappa shape index (κ2) is 6.77. The molecule has 1 saturated heterocycles. The minimum Gasteiger partial charge on any atom is -0.481 e. The van der Waals surface area contributed by atoms with Crippen LogP contribution in [0.25, 0.3) is 5.69 Å². The molecule has 2 aromatic rings. The fourth-order valence-electron chi connectivity index (χ4n) is 3.15. The maximum Gasteiger partial charge on any atom is 0.308 e. The second-order valence-corrected chi connectivity index (χ2v) is 6.01. The van der Waals surface area contributed by atoms with Crippen molar-refractivity contribution in [3.63, 3.8) is 0 Å². The number of aromatic nitrogens is 4. The summed E-state index contributed by atoms with van der Waals surface area (Å²) in [7, 11) is 0. The Kier molecular flexibility index (Phi) is 4.54. The Morgan fingerprint density at radius 3 is 2.67 bits per heavy atom. The Labute approximate surface area is 139 Å². The molecule has 1 aromatic heterocycles. The quantitative estimate of drug-likeness (QED) is 0.895. The number of benzene rings is 1. The van der Waals surface area contributed by atoms with Crippen molar-refractivity contribution >= 4 is 11.9 Å². The third-order valence-electron chi connectivity index (χ3n) is 4.53. The van der Waals surface area contributed by atoms with E-state index in [1.165, 1.54) is 11.0 Å². The van der Waals surface area contributed by atoms with Gasteiger partial charge in [-0.3, -0.25) is 9.59 Å². The molecule has 3 rings (SSSR count). The van der Waals surface area contributed by atoms with Crippen LogP contribution in [0.1, 0.15) is 25.3 Å². The fourth-order valence-corrected chi connectivity index (χ4v) is 3.15. The number of rotatable bonds is 4. The van der Waals surface area contributed by atoms with Gasteiger partial charge < -0.3 is 10.0 Å². The SMILES string of the molecule is C[C@@H]1[C@H](C(=O)O)CCCN1C(=O)Cc1ccc(-n2cnnn2)cc1. The first kappa shape index (κ1) is 16.1. The molecule has 24 heavy (non-hydrogen) atoms. The number of carbonyl (C=O) groups is 2. The van der Waals surface area contributed by atoms with Crippen LogP contribution in [-0.2, 0) is 16.0 Å². The molecule has 1 aromatic carbocycles. The third-order valence-corrected chi connectivity index (χ3v) is 4.53. The molecule has 1 aliphatic heterocycles. The van der Waals surface area contributed by atoms with Crippen LogP contribution in [0.2, 0.25) is 0 Å². The second-order valence-electron chi connectivity index (χ2n) is 6.01. The summed E-state index contributed by atoms with van der Waals surface area (Å²) < 4.78 is 1.54. The monoisotopic (exact) mass is 329 g/mol. The van der Waals surface area contributed by atoms with Crippen molar-refractivity contribution in [3.8, 4) is 5.69 Å². The minimum absolute atomic E-state index is 0.0383. The number of amides is 1. The number of carboxylic acid groups (broad SMARTS) is 1. The number of nitrogens with zero attached hydrogens (tertiary/aromatic N) is 5. The third kappa shape index (κ3) is 3.27. The van der Waals surface area contributed by atoms with E-state index in [1.54, 1.807) is 4.90 Å². The molecule has 0 aliphatic carbocycles. The van der Waals surface area contributed by atoms with Crippen molar-refractivity contribution in [2.45, 2.75) is 32.2 Å². The van der Waals surface area contributed by atoms with E-state index in [4.69, 9.17) is 0 Å². The van der Waals surface area contributed by atoms with Crippen molar-refractivity contribution in [2.75, 3.05) is 6.54 Å². The van der Waals surface area contributed by atoms with Gasteiger partial charge in [-0.1, -0.05) is 12.1 Å². The summed E-state index contributed by atoms with van der Waals surface area (Å²) in [5.41, 5.74) is 1.69. The molecule has 1 amide bonds. The van der Waals surface area contributed by atoms with Crippen molar-refractivity contribution in [2.24, 2.45) is 5.92 Å². The first-order valence-electron chi connectivity index (χ1n) is 7.91. The first-order valence-corrected chi connectivity index (χ1v) is 7.91. The topological polar surface area (TPSA) is 101 Å². The molecular formula is C16H19N5O3. The van der Waals surface area contributed by atoms with E-state index in [9.17, 15) is 14.7 Å². The van der Waals surface area contributed by atoms with Crippen molar-refractivity contribution in [3.05, 3.63) is 36.2 Å². The van der Waals surface area contributed by atoms with Crippen LogP contribution in [0.4, 0.5) is 0 Å². The lowest BCUT2D eigenvalue weighted by atomic mass is 9.90. The van der Waals surface area contributed by atoms with Crippen LogP contribution in [0.3, 0.4) is 0 Å². The predicted molar refractivity (Wildman–Crippen MR) is 84.4 cm³/mol. The van der Waals surface area contributed by atoms with E-state index in [0.29, 0.717) is 13.0 Å². The summed E-state index contributed by atoms with van der Waals surface area (Å²) in [5.74, 6) is -1.35. The number of piperidine rings is 1. The smallest absolute Gasteiger partial charge is 0.308 e. The number of tetrazole rings is 1. The summed E-state index contributed by atoms with van der Waals surface area (Å²) in [4.78, 5) is 25.5. The molecule has 126 valence electrons. The lowest BCUT2D eigenvalue weighted by Crippen LogP contribution is -2.49. The molecule has 0 unspecified atom stereocenters. The average molecular weight is 329 g/mol. The van der Waals surface area contributed by atoms with Crippen LogP contribution in [0, 0.1) is 5.92 Å². The van der Waals surface area contributed by atoms with E-state index in [-0.39, 0.29) is 18.4 Å². The van der Waals surface area contributed by atoms with Gasteiger partial charge in [0.05, 0.1) is 18.0 Å². The van der Waals surface area contributed by atoms with Crippen LogP contribution < -0.4 is 0 Å². The number of hydrogen-bond acceptors (Lipinski definition) is 5. The standard InChI is InChI=1S/C16H19N5O3/c1-11-14(16(23)24)3-2-8-20(11)15(22)9-12-4-6-13(7-5-12)21-10-17-18-19-21/h4-7,10-11,14H,2-3,8-9H2,1H3,(H,23,24)/t11-,14-/m1/s1. The number of hydrogen-bond donors (Lipinski definition) is 1. The van der Waals surface area contributed by atoms with E-state index < -0.39 is 11.9 Å². The molecule has 0 saturated carbocycles. The molecule has 0 radical (unpaired) electrons. The Balaban J connectivity index is 1.67. The van der Waals surface area contributed by atoms with Crippen LogP contribution >= 0.6 is 0 Å². The average Bonchev–Trinajstić information content (AvgIpc) is 3.10. The zero-order valence-corrected chi connectivity index (χ0v) is 13.4. The van der Waals surface area contributed by atoms with Gasteiger partial charge in [-0.25, -0.2) is 4.68 Å². The molecule has 1 N–H and O–H groups in total. The molecule has 1 fully saturated rings. The Hall–Kier alpha value is -2.77. The van der Waals surface area contributed by atoms with Crippen LogP contribution in [0.5, 0.6) is 0 Å². The number of aliphatic carboxylic acids is 1. The first-order chi connectivity index (χ1) is 11.6. The largest absolute Gasteiger partial charge is 0.481 e. The normalized spacial score (nSPS) is 20.8. The molecule has 2 atom stereocenters. The summed E-state index contributed by atoms with van der Waals surface area (Å²) in [6, 6.07) is 7.14. The van der Waals surface area contributed by atoms with Gasteiger partial charge in [0.1, 0.15) is 6.33 Å². The zero-order chi connectivity index (χ0) is 17.1. The molecule has 0 bridgehead atoms. The van der Waals surface area contributed by atoms with Crippen LogP contribution in [-0.4, -0.2) is 54.7 Å². The van der Waals surface area contributed by atoms with Gasteiger partial charge >= 0.3 is 5.97 Å². The van der Waals surface area contributed by atoms with Gasteiger partial charge in [0.15, 0.2) is 0 Å². The highest BCUT2D eigenvalue weighted by molar-refractivity contribution is 5.80. The summed E-state index contributed by atoms with van der Waals surface area (Å²) in [6.07, 6.45) is 3.11. The Bertz CT molecular complexity index is 714. The summed E-state index contributed by atoms with van der Waals surface area (Å²) in [5, 5.41) is 20.2. The molecule has 0 spiro atoms. The van der Waals surface area contributed by atoms with E-state index in [0.717, 1.165) is 17.7 Å². The number of carboxylic acids is 1. The fraction of sp³-hybridized carbons (Fsp3) is 0.438. The lowest BCUT2D eigenvalue weighted by Gasteiger charge is -2.37. The van der Waals surface area contributed by atoms with Gasteiger partial charge in [-0.2, -0.15) is 0 Å². The molecular weight excluding hydrogens is 310 g/mol. The summed E-state index contributed by atoms with van der Waals surface area (Å²) in [6.45, 7) is 2.43.